The van der Waals surface area contributed by atoms with E-state index in [1.54, 1.807) is 12.1 Å². The SMILES string of the molecule is COc1ccc(CCC(=O)Nc2ccc(N(C)CCO)cc2)cc1F. The number of hydrogen-bond acceptors (Lipinski definition) is 4. The zero-order chi connectivity index (χ0) is 18.2. The lowest BCUT2D eigenvalue weighted by Crippen LogP contribution is -2.21. The number of rotatable bonds is 8. The van der Waals surface area contributed by atoms with Crippen LogP contribution in [0.4, 0.5) is 15.8 Å². The van der Waals surface area contributed by atoms with Crippen LogP contribution in [-0.2, 0) is 11.2 Å². The molecular formula is C19H23FN2O3. The first-order valence-electron chi connectivity index (χ1n) is 8.08. The van der Waals surface area contributed by atoms with Gasteiger partial charge in [-0.1, -0.05) is 6.07 Å². The normalized spacial score (nSPS) is 10.4. The van der Waals surface area contributed by atoms with Crippen molar-refractivity contribution < 1.29 is 19.0 Å². The minimum Gasteiger partial charge on any atom is -0.494 e. The number of amides is 1. The second kappa shape index (κ2) is 9.03. The maximum atomic E-state index is 13.6. The van der Waals surface area contributed by atoms with Crippen molar-refractivity contribution in [3.8, 4) is 5.75 Å². The molecule has 0 aliphatic heterocycles. The monoisotopic (exact) mass is 346 g/mol. The van der Waals surface area contributed by atoms with Gasteiger partial charge in [-0.25, -0.2) is 4.39 Å². The molecule has 0 saturated carbocycles. The molecule has 0 unspecified atom stereocenters. The van der Waals surface area contributed by atoms with Gasteiger partial charge < -0.3 is 20.1 Å². The molecule has 2 aromatic rings. The number of anilines is 2. The number of nitrogens with zero attached hydrogens (tertiary/aromatic N) is 1. The van der Waals surface area contributed by atoms with Crippen LogP contribution in [-0.4, -0.2) is 38.3 Å². The molecule has 2 rings (SSSR count). The lowest BCUT2D eigenvalue weighted by Gasteiger charge is -2.18. The van der Waals surface area contributed by atoms with Gasteiger partial charge in [-0.15, -0.1) is 0 Å². The topological polar surface area (TPSA) is 61.8 Å². The molecule has 0 spiro atoms. The Balaban J connectivity index is 1.86. The molecular weight excluding hydrogens is 323 g/mol. The van der Waals surface area contributed by atoms with E-state index in [4.69, 9.17) is 9.84 Å². The number of aliphatic hydroxyl groups is 1. The summed E-state index contributed by atoms with van der Waals surface area (Å²) in [5, 5.41) is 11.8. The highest BCUT2D eigenvalue weighted by Gasteiger charge is 2.07. The molecule has 0 aliphatic carbocycles. The summed E-state index contributed by atoms with van der Waals surface area (Å²) in [6, 6.07) is 12.1. The average molecular weight is 346 g/mol. The number of halogens is 1. The van der Waals surface area contributed by atoms with Crippen molar-refractivity contribution in [2.45, 2.75) is 12.8 Å². The smallest absolute Gasteiger partial charge is 0.224 e. The summed E-state index contributed by atoms with van der Waals surface area (Å²) in [6.07, 6.45) is 0.710. The second-order valence-electron chi connectivity index (χ2n) is 5.71. The minimum absolute atomic E-state index is 0.0843. The van der Waals surface area contributed by atoms with E-state index in [1.165, 1.54) is 13.2 Å². The standard InChI is InChI=1S/C19H23FN2O3/c1-22(11-12-23)16-7-5-15(6-8-16)21-19(24)10-4-14-3-9-18(25-2)17(20)13-14/h3,5-9,13,23H,4,10-12H2,1-2H3,(H,21,24). The number of methoxy groups -OCH3 is 1. The van der Waals surface area contributed by atoms with E-state index >= 15 is 0 Å². The molecule has 0 fully saturated rings. The number of likely N-dealkylation sites (N-methyl/N-ethyl adjacent to an activating group) is 1. The van der Waals surface area contributed by atoms with E-state index in [9.17, 15) is 9.18 Å². The van der Waals surface area contributed by atoms with Crippen LogP contribution >= 0.6 is 0 Å². The van der Waals surface area contributed by atoms with Gasteiger partial charge in [0.25, 0.3) is 0 Å². The van der Waals surface area contributed by atoms with Gasteiger partial charge in [0.05, 0.1) is 13.7 Å². The van der Waals surface area contributed by atoms with Crippen LogP contribution in [0, 0.1) is 5.82 Å². The Morgan fingerprint density at radius 1 is 1.24 bits per heavy atom. The Bertz CT molecular complexity index is 704. The van der Waals surface area contributed by atoms with Gasteiger partial charge in [0.1, 0.15) is 0 Å². The van der Waals surface area contributed by atoms with Crippen LogP contribution in [0.5, 0.6) is 5.75 Å². The molecule has 0 aliphatic rings. The van der Waals surface area contributed by atoms with Crippen LogP contribution < -0.4 is 15.0 Å². The molecule has 2 aromatic carbocycles. The van der Waals surface area contributed by atoms with Crippen molar-refractivity contribution in [3.05, 3.63) is 53.8 Å². The van der Waals surface area contributed by atoms with Crippen LogP contribution in [0.3, 0.4) is 0 Å². The van der Waals surface area contributed by atoms with E-state index in [1.807, 2.05) is 36.2 Å². The predicted octanol–water partition coefficient (Wildman–Crippen LogP) is 2.83. The Morgan fingerprint density at radius 3 is 2.56 bits per heavy atom. The fraction of sp³-hybridized carbons (Fsp3) is 0.316. The van der Waals surface area contributed by atoms with Gasteiger partial charge in [-0.05, 0) is 48.4 Å². The summed E-state index contributed by atoms with van der Waals surface area (Å²) in [6.45, 7) is 0.630. The Kier molecular flexibility index (Phi) is 6.77. The number of hydrogen-bond donors (Lipinski definition) is 2. The Labute approximate surface area is 147 Å². The van der Waals surface area contributed by atoms with Crippen molar-refractivity contribution in [3.63, 3.8) is 0 Å². The second-order valence-corrected chi connectivity index (χ2v) is 5.71. The van der Waals surface area contributed by atoms with Crippen molar-refractivity contribution in [1.82, 2.24) is 0 Å². The minimum atomic E-state index is -0.428. The summed E-state index contributed by atoms with van der Waals surface area (Å²) in [5.41, 5.74) is 2.40. The van der Waals surface area contributed by atoms with Crippen LogP contribution in [0.15, 0.2) is 42.5 Å². The first-order valence-corrected chi connectivity index (χ1v) is 8.08. The molecule has 25 heavy (non-hydrogen) atoms. The quantitative estimate of drug-likeness (QED) is 0.772. The molecule has 5 nitrogen and oxygen atoms in total. The predicted molar refractivity (Wildman–Crippen MR) is 96.7 cm³/mol. The lowest BCUT2D eigenvalue weighted by molar-refractivity contribution is -0.116. The number of ether oxygens (including phenoxy) is 1. The van der Waals surface area contributed by atoms with E-state index in [0.29, 0.717) is 18.7 Å². The van der Waals surface area contributed by atoms with Gasteiger partial charge in [0, 0.05) is 31.4 Å². The molecule has 0 heterocycles. The van der Waals surface area contributed by atoms with Gasteiger partial charge in [-0.2, -0.15) is 0 Å². The van der Waals surface area contributed by atoms with Gasteiger partial charge in [0.15, 0.2) is 11.6 Å². The van der Waals surface area contributed by atoms with Crippen molar-refractivity contribution in [2.75, 3.05) is 37.5 Å². The average Bonchev–Trinajstić information content (AvgIpc) is 2.61. The fourth-order valence-corrected chi connectivity index (χ4v) is 2.43. The van der Waals surface area contributed by atoms with Crippen LogP contribution in [0.1, 0.15) is 12.0 Å². The summed E-state index contributed by atoms with van der Waals surface area (Å²) in [7, 11) is 3.30. The largest absolute Gasteiger partial charge is 0.494 e. The van der Waals surface area contributed by atoms with Gasteiger partial charge in [-0.3, -0.25) is 4.79 Å². The molecule has 0 atom stereocenters. The van der Waals surface area contributed by atoms with Crippen LogP contribution in [0.2, 0.25) is 0 Å². The number of benzene rings is 2. The number of carbonyl (C=O) groups excluding carboxylic acids is 1. The summed E-state index contributed by atoms with van der Waals surface area (Å²) >= 11 is 0. The van der Waals surface area contributed by atoms with Gasteiger partial charge >= 0.3 is 0 Å². The summed E-state index contributed by atoms with van der Waals surface area (Å²) < 4.78 is 18.5. The fourth-order valence-electron chi connectivity index (χ4n) is 2.43. The summed E-state index contributed by atoms with van der Waals surface area (Å²) in [5.74, 6) is -0.366. The molecule has 0 aromatic heterocycles. The molecule has 2 N–H and O–H groups in total. The van der Waals surface area contributed by atoms with E-state index < -0.39 is 5.82 Å². The number of carbonyl (C=O) groups is 1. The van der Waals surface area contributed by atoms with Gasteiger partial charge in [0.2, 0.25) is 5.91 Å². The summed E-state index contributed by atoms with van der Waals surface area (Å²) in [4.78, 5) is 14.0. The zero-order valence-corrected chi connectivity index (χ0v) is 14.5. The zero-order valence-electron chi connectivity index (χ0n) is 14.5. The highest BCUT2D eigenvalue weighted by molar-refractivity contribution is 5.91. The molecule has 0 bridgehead atoms. The molecule has 134 valence electrons. The molecule has 0 saturated heterocycles. The first-order chi connectivity index (χ1) is 12.0. The van der Waals surface area contributed by atoms with Crippen molar-refractivity contribution in [2.24, 2.45) is 0 Å². The molecule has 0 radical (unpaired) electrons. The third-order valence-electron chi connectivity index (χ3n) is 3.88. The number of nitrogens with one attached hydrogen (secondary N) is 1. The van der Waals surface area contributed by atoms with Crippen LogP contribution in [0.25, 0.3) is 0 Å². The molecule has 1 amide bonds. The number of aryl methyl sites for hydroxylation is 1. The Hall–Kier alpha value is -2.60. The van der Waals surface area contributed by atoms with Crippen molar-refractivity contribution in [1.29, 1.82) is 0 Å². The third-order valence-corrected chi connectivity index (χ3v) is 3.88. The van der Waals surface area contributed by atoms with Crippen molar-refractivity contribution >= 4 is 17.3 Å². The maximum absolute atomic E-state index is 13.6. The highest BCUT2D eigenvalue weighted by Crippen LogP contribution is 2.19. The Morgan fingerprint density at radius 2 is 1.96 bits per heavy atom. The van der Waals surface area contributed by atoms with E-state index in [2.05, 4.69) is 5.32 Å². The maximum Gasteiger partial charge on any atom is 0.224 e. The third kappa shape index (κ3) is 5.46. The molecule has 6 heteroatoms. The lowest BCUT2D eigenvalue weighted by atomic mass is 10.1. The number of aliphatic hydroxyl groups excluding tert-OH is 1. The highest BCUT2D eigenvalue weighted by atomic mass is 19.1. The van der Waals surface area contributed by atoms with E-state index in [0.717, 1.165) is 11.3 Å². The van der Waals surface area contributed by atoms with E-state index in [-0.39, 0.29) is 24.7 Å². The first kappa shape index (κ1) is 18.7.